The Morgan fingerprint density at radius 1 is 1.28 bits per heavy atom. The second-order valence-corrected chi connectivity index (χ2v) is 4.49. The molecule has 100 valence electrons. The number of carbonyl (C=O) groups excluding carboxylic acids is 1. The van der Waals surface area contributed by atoms with Gasteiger partial charge in [-0.3, -0.25) is 4.79 Å². The van der Waals surface area contributed by atoms with Crippen LogP contribution in [0.4, 0.5) is 0 Å². The molecule has 1 rings (SSSR count). The molecule has 1 atom stereocenters. The Morgan fingerprint density at radius 3 is 2.39 bits per heavy atom. The van der Waals surface area contributed by atoms with Gasteiger partial charge in [-0.1, -0.05) is 0 Å². The van der Waals surface area contributed by atoms with Crippen LogP contribution < -0.4 is 9.47 Å². The summed E-state index contributed by atoms with van der Waals surface area (Å²) in [5, 5.41) is 0. The molecule has 0 amide bonds. The zero-order valence-corrected chi connectivity index (χ0v) is 11.7. The van der Waals surface area contributed by atoms with Gasteiger partial charge in [0.1, 0.15) is 17.3 Å². The van der Waals surface area contributed by atoms with Crippen molar-refractivity contribution in [2.45, 2.75) is 19.4 Å². The minimum absolute atomic E-state index is 0.00690. The van der Waals surface area contributed by atoms with Crippen LogP contribution in [0.5, 0.6) is 11.5 Å². The fourth-order valence-corrected chi connectivity index (χ4v) is 1.94. The number of rotatable bonds is 6. The molecule has 0 aliphatic rings. The first-order chi connectivity index (χ1) is 8.49. The summed E-state index contributed by atoms with van der Waals surface area (Å²) in [4.78, 5) is 13.4. The SMILES string of the molecule is COc1ccc(OC)c(C(CC(C)=O)N(C)C)c1. The maximum atomic E-state index is 11.4. The van der Waals surface area contributed by atoms with Gasteiger partial charge < -0.3 is 14.4 Å². The van der Waals surface area contributed by atoms with E-state index >= 15 is 0 Å². The average Bonchev–Trinajstić information content (AvgIpc) is 2.34. The van der Waals surface area contributed by atoms with Gasteiger partial charge in [0, 0.05) is 18.0 Å². The molecule has 4 heteroatoms. The van der Waals surface area contributed by atoms with Crippen LogP contribution in [0.25, 0.3) is 0 Å². The molecule has 0 aliphatic carbocycles. The van der Waals surface area contributed by atoms with Crippen LogP contribution >= 0.6 is 0 Å². The number of Topliss-reactive ketones (excluding diaryl/α,β-unsaturated/α-hetero) is 1. The lowest BCUT2D eigenvalue weighted by atomic mass is 9.99. The monoisotopic (exact) mass is 251 g/mol. The lowest BCUT2D eigenvalue weighted by molar-refractivity contribution is -0.118. The molecule has 0 N–H and O–H groups in total. The van der Waals surface area contributed by atoms with Gasteiger partial charge in [-0.25, -0.2) is 0 Å². The Bertz CT molecular complexity index is 416. The molecule has 0 radical (unpaired) electrons. The van der Waals surface area contributed by atoms with Crippen molar-refractivity contribution < 1.29 is 14.3 Å². The maximum absolute atomic E-state index is 11.4. The summed E-state index contributed by atoms with van der Waals surface area (Å²) < 4.78 is 10.6. The summed E-state index contributed by atoms with van der Waals surface area (Å²) in [6.07, 6.45) is 0.455. The highest BCUT2D eigenvalue weighted by atomic mass is 16.5. The largest absolute Gasteiger partial charge is 0.497 e. The lowest BCUT2D eigenvalue weighted by Crippen LogP contribution is -2.22. The molecule has 0 spiro atoms. The second kappa shape index (κ2) is 6.40. The highest BCUT2D eigenvalue weighted by molar-refractivity contribution is 5.76. The predicted molar refractivity (Wildman–Crippen MR) is 71.3 cm³/mol. The first-order valence-electron chi connectivity index (χ1n) is 5.87. The number of hydrogen-bond donors (Lipinski definition) is 0. The number of hydrogen-bond acceptors (Lipinski definition) is 4. The van der Waals surface area contributed by atoms with E-state index in [4.69, 9.17) is 9.47 Å². The highest BCUT2D eigenvalue weighted by Crippen LogP contribution is 2.33. The summed E-state index contributed by atoms with van der Waals surface area (Å²) in [6.45, 7) is 1.60. The Hall–Kier alpha value is -1.55. The van der Waals surface area contributed by atoms with Crippen molar-refractivity contribution in [3.63, 3.8) is 0 Å². The van der Waals surface area contributed by atoms with E-state index in [0.717, 1.165) is 17.1 Å². The predicted octanol–water partition coefficient (Wildman–Crippen LogP) is 2.29. The molecule has 0 heterocycles. The summed E-state index contributed by atoms with van der Waals surface area (Å²) in [6, 6.07) is 5.63. The topological polar surface area (TPSA) is 38.8 Å². The molecule has 1 aromatic carbocycles. The standard InChI is InChI=1S/C14H21NO3/c1-10(16)8-13(15(2)3)12-9-11(17-4)6-7-14(12)18-5/h6-7,9,13H,8H2,1-5H3. The summed E-state index contributed by atoms with van der Waals surface area (Å²) in [5.74, 6) is 1.69. The third-order valence-corrected chi connectivity index (χ3v) is 2.90. The molecule has 0 aromatic heterocycles. The first kappa shape index (κ1) is 14.5. The van der Waals surface area contributed by atoms with E-state index in [1.54, 1.807) is 21.1 Å². The molecule has 0 bridgehead atoms. The smallest absolute Gasteiger partial charge is 0.131 e. The van der Waals surface area contributed by atoms with Gasteiger partial charge in [0.2, 0.25) is 0 Å². The van der Waals surface area contributed by atoms with E-state index in [2.05, 4.69) is 0 Å². The van der Waals surface area contributed by atoms with Gasteiger partial charge in [-0.2, -0.15) is 0 Å². The van der Waals surface area contributed by atoms with E-state index in [0.29, 0.717) is 6.42 Å². The van der Waals surface area contributed by atoms with Crippen LogP contribution in [0.15, 0.2) is 18.2 Å². The molecule has 0 aliphatic heterocycles. The van der Waals surface area contributed by atoms with Gasteiger partial charge >= 0.3 is 0 Å². The molecular formula is C14H21NO3. The zero-order chi connectivity index (χ0) is 13.7. The molecule has 18 heavy (non-hydrogen) atoms. The Kier molecular flexibility index (Phi) is 5.16. The maximum Gasteiger partial charge on any atom is 0.131 e. The van der Waals surface area contributed by atoms with Crippen molar-refractivity contribution in [2.24, 2.45) is 0 Å². The molecule has 1 unspecified atom stereocenters. The number of ether oxygens (including phenoxy) is 2. The van der Waals surface area contributed by atoms with Crippen molar-refractivity contribution >= 4 is 5.78 Å². The Labute approximate surface area is 108 Å². The second-order valence-electron chi connectivity index (χ2n) is 4.49. The van der Waals surface area contributed by atoms with Crippen LogP contribution in [-0.4, -0.2) is 39.0 Å². The van der Waals surface area contributed by atoms with Crippen LogP contribution in [0.1, 0.15) is 24.9 Å². The quantitative estimate of drug-likeness (QED) is 0.777. The van der Waals surface area contributed by atoms with Crippen LogP contribution in [-0.2, 0) is 4.79 Å². The van der Waals surface area contributed by atoms with E-state index in [1.807, 2.05) is 37.2 Å². The third kappa shape index (κ3) is 3.47. The van der Waals surface area contributed by atoms with E-state index in [1.165, 1.54) is 0 Å². The molecule has 0 fully saturated rings. The zero-order valence-electron chi connectivity index (χ0n) is 11.7. The van der Waals surface area contributed by atoms with Crippen molar-refractivity contribution in [1.29, 1.82) is 0 Å². The number of ketones is 1. The fourth-order valence-electron chi connectivity index (χ4n) is 1.94. The molecule has 0 saturated carbocycles. The van der Waals surface area contributed by atoms with Gasteiger partial charge in [-0.05, 0) is 39.2 Å². The van der Waals surface area contributed by atoms with Crippen molar-refractivity contribution in [3.8, 4) is 11.5 Å². The molecule has 1 aromatic rings. The number of nitrogens with zero attached hydrogens (tertiary/aromatic N) is 1. The summed E-state index contributed by atoms with van der Waals surface area (Å²) >= 11 is 0. The minimum atomic E-state index is -0.00690. The van der Waals surface area contributed by atoms with Crippen LogP contribution in [0.3, 0.4) is 0 Å². The number of methoxy groups -OCH3 is 2. The van der Waals surface area contributed by atoms with Gasteiger partial charge in [-0.15, -0.1) is 0 Å². The van der Waals surface area contributed by atoms with Crippen molar-refractivity contribution in [1.82, 2.24) is 4.90 Å². The fraction of sp³-hybridized carbons (Fsp3) is 0.500. The normalized spacial score (nSPS) is 12.3. The molecular weight excluding hydrogens is 230 g/mol. The summed E-state index contributed by atoms with van der Waals surface area (Å²) in [7, 11) is 7.16. The Morgan fingerprint density at radius 2 is 1.94 bits per heavy atom. The van der Waals surface area contributed by atoms with Crippen molar-refractivity contribution in [2.75, 3.05) is 28.3 Å². The van der Waals surface area contributed by atoms with Crippen molar-refractivity contribution in [3.05, 3.63) is 23.8 Å². The van der Waals surface area contributed by atoms with Gasteiger partial charge in [0.25, 0.3) is 0 Å². The van der Waals surface area contributed by atoms with E-state index < -0.39 is 0 Å². The highest BCUT2D eigenvalue weighted by Gasteiger charge is 2.20. The third-order valence-electron chi connectivity index (χ3n) is 2.90. The Balaban J connectivity index is 3.19. The van der Waals surface area contributed by atoms with Crippen LogP contribution in [0.2, 0.25) is 0 Å². The first-order valence-corrected chi connectivity index (χ1v) is 5.87. The van der Waals surface area contributed by atoms with Crippen LogP contribution in [0, 0.1) is 0 Å². The van der Waals surface area contributed by atoms with E-state index in [9.17, 15) is 4.79 Å². The average molecular weight is 251 g/mol. The minimum Gasteiger partial charge on any atom is -0.497 e. The van der Waals surface area contributed by atoms with E-state index in [-0.39, 0.29) is 11.8 Å². The van der Waals surface area contributed by atoms with Gasteiger partial charge in [0.15, 0.2) is 0 Å². The van der Waals surface area contributed by atoms with Gasteiger partial charge in [0.05, 0.1) is 14.2 Å². The molecule has 4 nitrogen and oxygen atoms in total. The number of carbonyl (C=O) groups is 1. The summed E-state index contributed by atoms with van der Waals surface area (Å²) in [5.41, 5.74) is 0.969. The number of benzene rings is 1. The molecule has 0 saturated heterocycles. The lowest BCUT2D eigenvalue weighted by Gasteiger charge is -2.25.